The minimum absolute atomic E-state index is 0.904. The van der Waals surface area contributed by atoms with E-state index in [0.29, 0.717) is 0 Å². The molecular weight excluding hydrogens is 330 g/mol. The highest BCUT2D eigenvalue weighted by atomic mass is 16.4. The Hall–Kier alpha value is -2.68. The van der Waals surface area contributed by atoms with E-state index in [1.54, 1.807) is 0 Å². The number of rotatable bonds is 5. The lowest BCUT2D eigenvalue weighted by Gasteiger charge is -2.14. The molecule has 0 spiro atoms. The van der Waals surface area contributed by atoms with Crippen LogP contribution in [0.2, 0.25) is 0 Å². The van der Waals surface area contributed by atoms with Gasteiger partial charge in [-0.1, -0.05) is 19.4 Å². The standard InChI is InChI=1S/C11H17N2.C3H7NO2.C2H2O4/c1-3-4-9-13(2)10-11-7-5-6-8-12-11;1-4(2)3(5)6;3-1(4)2(5)6/h5-6,8H,3-4,9-10H2,1-2H3;1-2H3,(H,5,6);(H,3,4)(H,5,6)/p-3. The van der Waals surface area contributed by atoms with Gasteiger partial charge >= 0.3 is 0 Å². The minimum Gasteiger partial charge on any atom is -0.543 e. The Kier molecular flexibility index (Phi) is 14.6. The fourth-order valence-corrected chi connectivity index (χ4v) is 1.21. The summed E-state index contributed by atoms with van der Waals surface area (Å²) in [5.74, 6) is -4.37. The van der Waals surface area contributed by atoms with Crippen molar-refractivity contribution in [1.29, 1.82) is 0 Å². The van der Waals surface area contributed by atoms with Gasteiger partial charge in [-0.05, 0) is 26.1 Å². The predicted molar refractivity (Wildman–Crippen MR) is 83.4 cm³/mol. The summed E-state index contributed by atoms with van der Waals surface area (Å²) in [7, 11) is 4.95. The number of hydrogen-bond donors (Lipinski definition) is 0. The Morgan fingerprint density at radius 2 is 1.64 bits per heavy atom. The molecule has 1 heterocycles. The van der Waals surface area contributed by atoms with E-state index in [2.05, 4.69) is 29.9 Å². The quantitative estimate of drug-likeness (QED) is 0.529. The molecule has 0 saturated heterocycles. The van der Waals surface area contributed by atoms with E-state index in [1.807, 2.05) is 18.3 Å². The second-order valence-electron chi connectivity index (χ2n) is 5.05. The first-order valence-corrected chi connectivity index (χ1v) is 7.42. The molecule has 0 atom stereocenters. The molecule has 0 aliphatic heterocycles. The minimum atomic E-state index is -2.19. The van der Waals surface area contributed by atoms with Gasteiger partial charge in [0.2, 0.25) is 0 Å². The molecular formula is C16H23N3O6-3. The highest BCUT2D eigenvalue weighted by Gasteiger charge is 1.99. The first-order valence-electron chi connectivity index (χ1n) is 7.42. The third-order valence-electron chi connectivity index (χ3n) is 2.51. The molecule has 1 aromatic rings. The van der Waals surface area contributed by atoms with Crippen LogP contribution in [-0.4, -0.2) is 60.5 Å². The second kappa shape index (κ2) is 14.9. The van der Waals surface area contributed by atoms with Gasteiger partial charge < -0.3 is 39.5 Å². The van der Waals surface area contributed by atoms with Gasteiger partial charge in [0.1, 0.15) is 6.09 Å². The molecule has 25 heavy (non-hydrogen) atoms. The van der Waals surface area contributed by atoms with Gasteiger partial charge in [0.15, 0.2) is 0 Å². The number of aliphatic carboxylic acids is 2. The third kappa shape index (κ3) is 17.5. The Labute approximate surface area is 147 Å². The fraction of sp³-hybridized carbons (Fsp3) is 0.500. The van der Waals surface area contributed by atoms with E-state index in [-0.39, 0.29) is 0 Å². The van der Waals surface area contributed by atoms with Crippen LogP contribution in [0.25, 0.3) is 0 Å². The lowest BCUT2D eigenvalue weighted by molar-refractivity contribution is -0.345. The molecule has 0 fully saturated rings. The maximum Gasteiger partial charge on any atom is 0.136 e. The van der Waals surface area contributed by atoms with Crippen molar-refractivity contribution in [2.45, 2.75) is 26.3 Å². The van der Waals surface area contributed by atoms with Gasteiger partial charge in [-0.25, -0.2) is 0 Å². The van der Waals surface area contributed by atoms with Crippen LogP contribution in [0.4, 0.5) is 4.79 Å². The van der Waals surface area contributed by atoms with Crippen molar-refractivity contribution in [1.82, 2.24) is 14.8 Å². The summed E-state index contributed by atoms with van der Waals surface area (Å²) in [6.45, 7) is 4.25. The maximum absolute atomic E-state index is 9.51. The molecule has 1 amide bonds. The number of carboxylic acids is 2. The van der Waals surface area contributed by atoms with E-state index in [9.17, 15) is 9.90 Å². The van der Waals surface area contributed by atoms with Crippen LogP contribution in [-0.2, 0) is 16.1 Å². The number of unbranched alkanes of at least 4 members (excludes halogenated alkanes) is 1. The van der Waals surface area contributed by atoms with Crippen molar-refractivity contribution in [2.75, 3.05) is 27.7 Å². The smallest absolute Gasteiger partial charge is 0.136 e. The number of carbonyl (C=O) groups excluding carboxylic acids is 3. The number of aromatic nitrogens is 1. The van der Waals surface area contributed by atoms with E-state index in [1.165, 1.54) is 26.9 Å². The zero-order valence-electron chi connectivity index (χ0n) is 14.9. The van der Waals surface area contributed by atoms with Crippen LogP contribution in [0, 0.1) is 6.07 Å². The van der Waals surface area contributed by atoms with Crippen LogP contribution in [0.1, 0.15) is 25.5 Å². The molecule has 1 radical (unpaired) electrons. The second-order valence-corrected chi connectivity index (χ2v) is 5.05. The first kappa shape index (κ1) is 24.6. The maximum atomic E-state index is 9.51. The molecule has 9 nitrogen and oxygen atoms in total. The fourth-order valence-electron chi connectivity index (χ4n) is 1.21. The van der Waals surface area contributed by atoms with Crippen LogP contribution in [0.15, 0.2) is 18.3 Å². The number of pyridine rings is 1. The Bertz CT molecular complexity index is 496. The lowest BCUT2D eigenvalue weighted by Crippen LogP contribution is -2.42. The molecule has 9 heteroatoms. The van der Waals surface area contributed by atoms with E-state index in [0.717, 1.165) is 23.7 Å². The number of amides is 1. The summed E-state index contributed by atoms with van der Waals surface area (Å²) in [6, 6.07) is 6.93. The third-order valence-corrected chi connectivity index (χ3v) is 2.51. The van der Waals surface area contributed by atoms with Crippen molar-refractivity contribution in [3.8, 4) is 0 Å². The molecule has 1 aromatic heterocycles. The Balaban J connectivity index is 0. The number of carboxylic acid groups (broad SMARTS) is 3. The monoisotopic (exact) mass is 353 g/mol. The van der Waals surface area contributed by atoms with Crippen LogP contribution in [0.3, 0.4) is 0 Å². The first-order chi connectivity index (χ1) is 11.6. The largest absolute Gasteiger partial charge is 0.543 e. The number of hydrogen-bond acceptors (Lipinski definition) is 8. The molecule has 0 saturated carbocycles. The van der Waals surface area contributed by atoms with Gasteiger partial charge in [0, 0.05) is 32.9 Å². The molecule has 0 aromatic carbocycles. The lowest BCUT2D eigenvalue weighted by atomic mass is 10.3. The molecule has 0 unspecified atom stereocenters. The topological polar surface area (TPSA) is 140 Å². The van der Waals surface area contributed by atoms with Gasteiger partial charge in [-0.3, -0.25) is 4.98 Å². The van der Waals surface area contributed by atoms with Crippen molar-refractivity contribution < 1.29 is 29.7 Å². The van der Waals surface area contributed by atoms with Gasteiger partial charge in [0.25, 0.3) is 0 Å². The van der Waals surface area contributed by atoms with E-state index >= 15 is 0 Å². The Morgan fingerprint density at radius 1 is 1.12 bits per heavy atom. The summed E-state index contributed by atoms with van der Waals surface area (Å²) >= 11 is 0. The molecule has 0 aliphatic carbocycles. The molecule has 1 rings (SSSR count). The highest BCUT2D eigenvalue weighted by Crippen LogP contribution is 1.99. The van der Waals surface area contributed by atoms with Crippen molar-refractivity contribution >= 4 is 18.0 Å². The van der Waals surface area contributed by atoms with Crippen LogP contribution >= 0.6 is 0 Å². The van der Waals surface area contributed by atoms with Gasteiger partial charge in [-0.2, -0.15) is 0 Å². The van der Waals surface area contributed by atoms with Crippen molar-refractivity contribution in [2.24, 2.45) is 0 Å². The summed E-state index contributed by atoms with van der Waals surface area (Å²) in [4.78, 5) is 34.8. The average molecular weight is 353 g/mol. The summed E-state index contributed by atoms with van der Waals surface area (Å²) in [5.41, 5.74) is 1.03. The summed E-state index contributed by atoms with van der Waals surface area (Å²) < 4.78 is 0. The molecule has 0 N–H and O–H groups in total. The molecule has 0 bridgehead atoms. The van der Waals surface area contributed by atoms with Crippen molar-refractivity contribution in [3.05, 3.63) is 30.1 Å². The highest BCUT2D eigenvalue weighted by molar-refractivity contribution is 6.25. The number of nitrogens with zero attached hydrogens (tertiary/aromatic N) is 3. The van der Waals surface area contributed by atoms with Crippen LogP contribution in [0.5, 0.6) is 0 Å². The van der Waals surface area contributed by atoms with E-state index < -0.39 is 18.0 Å². The molecule has 0 aliphatic rings. The normalized spacial score (nSPS) is 9.16. The zero-order valence-corrected chi connectivity index (χ0v) is 14.9. The Morgan fingerprint density at radius 3 is 1.96 bits per heavy atom. The summed E-state index contributed by atoms with van der Waals surface area (Å²) in [5, 5.41) is 27.4. The number of carbonyl (C=O) groups is 3. The zero-order chi connectivity index (χ0) is 19.8. The van der Waals surface area contributed by atoms with Gasteiger partial charge in [0.05, 0.1) is 17.6 Å². The van der Waals surface area contributed by atoms with Crippen molar-refractivity contribution in [3.63, 3.8) is 0 Å². The SMILES string of the molecule is CCCCN(C)Cc1[c]cccn1.CN(C)C(=O)[O-].O=C([O-])C(=O)[O-]. The average Bonchev–Trinajstić information content (AvgIpc) is 2.54. The van der Waals surface area contributed by atoms with Crippen LogP contribution < -0.4 is 15.3 Å². The molecule has 141 valence electrons. The van der Waals surface area contributed by atoms with Gasteiger partial charge in [-0.15, -0.1) is 0 Å². The van der Waals surface area contributed by atoms with E-state index in [4.69, 9.17) is 19.8 Å². The summed E-state index contributed by atoms with van der Waals surface area (Å²) in [6.07, 6.45) is 3.16. The predicted octanol–water partition coefficient (Wildman–Crippen LogP) is -2.51.